The summed E-state index contributed by atoms with van der Waals surface area (Å²) in [7, 11) is 0. The molecule has 0 fully saturated rings. The van der Waals surface area contributed by atoms with Gasteiger partial charge < -0.3 is 14.8 Å². The molecule has 0 bridgehead atoms. The van der Waals surface area contributed by atoms with E-state index in [-0.39, 0.29) is 5.91 Å². The van der Waals surface area contributed by atoms with Crippen LogP contribution in [0.4, 0.5) is 5.69 Å². The Hall–Kier alpha value is -2.01. The fourth-order valence-electron chi connectivity index (χ4n) is 2.70. The lowest BCUT2D eigenvalue weighted by Gasteiger charge is -2.10. The number of amides is 1. The summed E-state index contributed by atoms with van der Waals surface area (Å²) >= 11 is 3.53. The quantitative estimate of drug-likeness (QED) is 0.384. The Bertz CT molecular complexity index is 731. The maximum Gasteiger partial charge on any atom is 0.224 e. The molecule has 0 aliphatic carbocycles. The summed E-state index contributed by atoms with van der Waals surface area (Å²) in [6, 6.07) is 13.6. The number of rotatable bonds is 12. The van der Waals surface area contributed by atoms with Crippen LogP contribution in [0.15, 0.2) is 46.9 Å². The maximum atomic E-state index is 12.1. The van der Waals surface area contributed by atoms with E-state index in [0.29, 0.717) is 19.4 Å². The van der Waals surface area contributed by atoms with E-state index < -0.39 is 0 Å². The van der Waals surface area contributed by atoms with E-state index in [0.717, 1.165) is 41.1 Å². The summed E-state index contributed by atoms with van der Waals surface area (Å²) in [5.74, 6) is 1.63. The summed E-state index contributed by atoms with van der Waals surface area (Å²) < 4.78 is 12.4. The van der Waals surface area contributed by atoms with Crippen LogP contribution in [0.5, 0.6) is 11.5 Å². The van der Waals surface area contributed by atoms with Crippen LogP contribution >= 0.6 is 15.9 Å². The van der Waals surface area contributed by atoms with Gasteiger partial charge in [0.2, 0.25) is 5.91 Å². The molecular weight excluding hydrogens is 418 g/mol. The molecule has 0 saturated heterocycles. The van der Waals surface area contributed by atoms with Gasteiger partial charge in [0.15, 0.2) is 0 Å². The van der Waals surface area contributed by atoms with Crippen molar-refractivity contribution in [3.63, 3.8) is 0 Å². The summed E-state index contributed by atoms with van der Waals surface area (Å²) in [5.41, 5.74) is 2.04. The smallest absolute Gasteiger partial charge is 0.224 e. The van der Waals surface area contributed by atoms with Crippen molar-refractivity contribution in [1.29, 1.82) is 0 Å². The second kappa shape index (κ2) is 12.4. The van der Waals surface area contributed by atoms with Crippen LogP contribution in [0.25, 0.3) is 0 Å². The molecule has 0 unspecified atom stereocenters. The number of nitrogens with one attached hydrogen (secondary N) is 1. The molecule has 2 rings (SSSR count). The van der Waals surface area contributed by atoms with Gasteiger partial charge in [-0.15, -0.1) is 0 Å². The summed E-state index contributed by atoms with van der Waals surface area (Å²) in [4.78, 5) is 12.1. The average molecular weight is 448 g/mol. The lowest BCUT2D eigenvalue weighted by Crippen LogP contribution is -2.12. The number of carbonyl (C=O) groups is 1. The first-order valence-electron chi connectivity index (χ1n) is 10.1. The van der Waals surface area contributed by atoms with Crippen molar-refractivity contribution in [1.82, 2.24) is 0 Å². The fraction of sp³-hybridized carbons (Fsp3) is 0.435. The number of benzene rings is 2. The van der Waals surface area contributed by atoms with Gasteiger partial charge in [0.05, 0.1) is 17.7 Å². The zero-order valence-corrected chi connectivity index (χ0v) is 18.4. The number of hydrogen-bond acceptors (Lipinski definition) is 3. The first-order valence-corrected chi connectivity index (χ1v) is 10.9. The standard InChI is InChI=1S/C23H30BrNO3/c1-3-5-6-15-27-20-12-10-19(11-13-20)25-23(26)8-7-16-28-22-14-9-18(4-2)17-21(22)24/h9-14,17H,3-8,15-16H2,1-2H3,(H,25,26). The minimum atomic E-state index is -0.0133. The van der Waals surface area contributed by atoms with E-state index in [9.17, 15) is 4.79 Å². The SMILES string of the molecule is CCCCCOc1ccc(NC(=O)CCCOc2ccc(CC)cc2Br)cc1. The lowest BCUT2D eigenvalue weighted by molar-refractivity contribution is -0.116. The number of unbranched alkanes of at least 4 members (excludes halogenated alkanes) is 2. The highest BCUT2D eigenvalue weighted by molar-refractivity contribution is 9.10. The molecule has 152 valence electrons. The number of halogens is 1. The largest absolute Gasteiger partial charge is 0.494 e. The van der Waals surface area contributed by atoms with Crippen molar-refractivity contribution >= 4 is 27.5 Å². The van der Waals surface area contributed by atoms with E-state index in [4.69, 9.17) is 9.47 Å². The average Bonchev–Trinajstić information content (AvgIpc) is 2.70. The van der Waals surface area contributed by atoms with Crippen LogP contribution in [0.3, 0.4) is 0 Å². The molecule has 5 heteroatoms. The molecule has 0 atom stereocenters. The number of aryl methyl sites for hydroxylation is 1. The Morgan fingerprint density at radius 3 is 2.39 bits per heavy atom. The Balaban J connectivity index is 1.67. The third-order valence-electron chi connectivity index (χ3n) is 4.36. The van der Waals surface area contributed by atoms with Crippen LogP contribution in [0, 0.1) is 0 Å². The molecule has 0 radical (unpaired) electrons. The molecule has 1 amide bonds. The number of anilines is 1. The minimum Gasteiger partial charge on any atom is -0.494 e. The third kappa shape index (κ3) is 7.93. The highest BCUT2D eigenvalue weighted by atomic mass is 79.9. The topological polar surface area (TPSA) is 47.6 Å². The number of hydrogen-bond donors (Lipinski definition) is 1. The van der Waals surface area contributed by atoms with Gasteiger partial charge in [0.1, 0.15) is 11.5 Å². The molecule has 28 heavy (non-hydrogen) atoms. The first kappa shape index (κ1) is 22.3. The van der Waals surface area contributed by atoms with Gasteiger partial charge >= 0.3 is 0 Å². The zero-order valence-electron chi connectivity index (χ0n) is 16.8. The summed E-state index contributed by atoms with van der Waals surface area (Å²) in [5, 5.41) is 2.91. The Kier molecular flexibility index (Phi) is 9.91. The Morgan fingerprint density at radius 1 is 0.964 bits per heavy atom. The van der Waals surface area contributed by atoms with E-state index in [1.165, 1.54) is 18.4 Å². The lowest BCUT2D eigenvalue weighted by atomic mass is 10.2. The van der Waals surface area contributed by atoms with Crippen LogP contribution < -0.4 is 14.8 Å². The minimum absolute atomic E-state index is 0.0133. The summed E-state index contributed by atoms with van der Waals surface area (Å²) in [6.07, 6.45) is 5.49. The van der Waals surface area contributed by atoms with Crippen molar-refractivity contribution < 1.29 is 14.3 Å². The van der Waals surface area contributed by atoms with Crippen molar-refractivity contribution in [2.24, 2.45) is 0 Å². The zero-order chi connectivity index (χ0) is 20.2. The molecule has 0 aliphatic rings. The van der Waals surface area contributed by atoms with Gasteiger partial charge in [-0.25, -0.2) is 0 Å². The Labute approximate surface area is 176 Å². The normalized spacial score (nSPS) is 10.5. The second-order valence-corrected chi connectivity index (χ2v) is 7.55. The van der Waals surface area contributed by atoms with E-state index in [1.54, 1.807) is 0 Å². The molecule has 0 aliphatic heterocycles. The molecular formula is C23H30BrNO3. The highest BCUT2D eigenvalue weighted by Gasteiger charge is 2.05. The molecule has 0 heterocycles. The maximum absolute atomic E-state index is 12.1. The van der Waals surface area contributed by atoms with Gasteiger partial charge in [-0.2, -0.15) is 0 Å². The van der Waals surface area contributed by atoms with E-state index in [1.807, 2.05) is 30.3 Å². The second-order valence-electron chi connectivity index (χ2n) is 6.70. The molecule has 0 spiro atoms. The first-order chi connectivity index (χ1) is 13.6. The van der Waals surface area contributed by atoms with Gasteiger partial charge in [0.25, 0.3) is 0 Å². The number of carbonyl (C=O) groups excluding carboxylic acids is 1. The number of ether oxygens (including phenoxy) is 2. The van der Waals surface area contributed by atoms with Crippen molar-refractivity contribution in [3.05, 3.63) is 52.5 Å². The van der Waals surface area contributed by atoms with Crippen LogP contribution in [0.2, 0.25) is 0 Å². The van der Waals surface area contributed by atoms with Gasteiger partial charge in [-0.3, -0.25) is 4.79 Å². The summed E-state index contributed by atoms with van der Waals surface area (Å²) in [6.45, 7) is 5.53. The van der Waals surface area contributed by atoms with Crippen LogP contribution in [-0.4, -0.2) is 19.1 Å². The molecule has 0 aromatic heterocycles. The van der Waals surface area contributed by atoms with Gasteiger partial charge in [-0.05, 0) is 77.2 Å². The fourth-order valence-corrected chi connectivity index (χ4v) is 3.24. The third-order valence-corrected chi connectivity index (χ3v) is 4.98. The highest BCUT2D eigenvalue weighted by Crippen LogP contribution is 2.26. The van der Waals surface area contributed by atoms with Crippen LogP contribution in [0.1, 0.15) is 51.5 Å². The Morgan fingerprint density at radius 2 is 1.71 bits per heavy atom. The van der Waals surface area contributed by atoms with Gasteiger partial charge in [0, 0.05) is 12.1 Å². The van der Waals surface area contributed by atoms with Crippen molar-refractivity contribution in [2.45, 2.75) is 52.4 Å². The molecule has 2 aromatic rings. The van der Waals surface area contributed by atoms with Crippen molar-refractivity contribution in [3.8, 4) is 11.5 Å². The van der Waals surface area contributed by atoms with Crippen LogP contribution in [-0.2, 0) is 11.2 Å². The molecule has 1 N–H and O–H groups in total. The van der Waals surface area contributed by atoms with Crippen molar-refractivity contribution in [2.75, 3.05) is 18.5 Å². The molecule has 2 aromatic carbocycles. The monoisotopic (exact) mass is 447 g/mol. The predicted octanol–water partition coefficient (Wildman–Crippen LogP) is 6.38. The van der Waals surface area contributed by atoms with Gasteiger partial charge in [-0.1, -0.05) is 32.8 Å². The van der Waals surface area contributed by atoms with E-state index >= 15 is 0 Å². The predicted molar refractivity (Wildman–Crippen MR) is 118 cm³/mol. The van der Waals surface area contributed by atoms with E-state index in [2.05, 4.69) is 47.2 Å². The molecule has 0 saturated carbocycles. The molecule has 4 nitrogen and oxygen atoms in total.